The van der Waals surface area contributed by atoms with Gasteiger partial charge in [-0.25, -0.2) is 9.18 Å². The van der Waals surface area contributed by atoms with E-state index >= 15 is 0 Å². The summed E-state index contributed by atoms with van der Waals surface area (Å²) >= 11 is 0. The molecule has 0 saturated carbocycles. The molecule has 1 unspecified atom stereocenters. The Morgan fingerprint density at radius 3 is 2.50 bits per heavy atom. The maximum Gasteiger partial charge on any atom is 0.342 e. The Labute approximate surface area is 115 Å². The van der Waals surface area contributed by atoms with Crippen molar-refractivity contribution < 1.29 is 19.2 Å². The van der Waals surface area contributed by atoms with Gasteiger partial charge in [0.1, 0.15) is 5.56 Å². The molecule has 110 valence electrons. The van der Waals surface area contributed by atoms with Gasteiger partial charge in [-0.05, 0) is 25.3 Å². The van der Waals surface area contributed by atoms with E-state index in [1.807, 2.05) is 20.8 Å². The number of aromatic carboxylic acids is 1. The largest absolute Gasteiger partial charge is 0.477 e. The fourth-order valence-electron chi connectivity index (χ4n) is 2.03. The molecule has 0 fully saturated rings. The molecule has 0 radical (unpaired) electrons. The predicted octanol–water partition coefficient (Wildman–Crippen LogP) is 3.28. The van der Waals surface area contributed by atoms with Crippen LogP contribution in [0.15, 0.2) is 12.1 Å². The lowest BCUT2D eigenvalue weighted by atomic mass is 10.0. The van der Waals surface area contributed by atoms with E-state index in [1.54, 1.807) is 0 Å². The number of carboxylic acid groups (broad SMARTS) is 1. The molecule has 0 saturated heterocycles. The summed E-state index contributed by atoms with van der Waals surface area (Å²) in [5.41, 5.74) is -1.33. The zero-order chi connectivity index (χ0) is 15.4. The highest BCUT2D eigenvalue weighted by Gasteiger charge is 2.23. The molecule has 0 heterocycles. The first-order valence-corrected chi connectivity index (χ1v) is 6.20. The average molecular weight is 284 g/mol. The summed E-state index contributed by atoms with van der Waals surface area (Å²) in [5.74, 6) is -1.91. The van der Waals surface area contributed by atoms with Gasteiger partial charge in [0.15, 0.2) is 5.82 Å². The lowest BCUT2D eigenvalue weighted by Crippen LogP contribution is -2.19. The van der Waals surface area contributed by atoms with Crippen LogP contribution in [0.3, 0.4) is 0 Å². The fourth-order valence-corrected chi connectivity index (χ4v) is 2.03. The van der Waals surface area contributed by atoms with Crippen LogP contribution in [0.1, 0.15) is 37.6 Å². The van der Waals surface area contributed by atoms with Crippen molar-refractivity contribution in [1.29, 1.82) is 0 Å². The smallest absolute Gasteiger partial charge is 0.342 e. The van der Waals surface area contributed by atoms with Crippen LogP contribution in [0.25, 0.3) is 0 Å². The number of nitro benzene ring substituents is 1. The molecule has 6 nitrogen and oxygen atoms in total. The van der Waals surface area contributed by atoms with Crippen LogP contribution in [0, 0.1) is 21.8 Å². The van der Waals surface area contributed by atoms with E-state index in [4.69, 9.17) is 5.11 Å². The lowest BCUT2D eigenvalue weighted by Gasteiger charge is -2.18. The maximum atomic E-state index is 13.8. The standard InChI is InChI=1S/C13H17FN2O4/c1-7(2)4-8(3)15-11-5-9(13(17)18)12(16(19)20)6-10(11)14/h5-8,15H,4H2,1-3H3,(H,17,18). The van der Waals surface area contributed by atoms with Gasteiger partial charge in [-0.2, -0.15) is 0 Å². The van der Waals surface area contributed by atoms with Crippen molar-refractivity contribution >= 4 is 17.3 Å². The minimum atomic E-state index is -1.46. The Morgan fingerprint density at radius 1 is 1.45 bits per heavy atom. The number of hydrogen-bond donors (Lipinski definition) is 2. The fraction of sp³-hybridized carbons (Fsp3) is 0.462. The number of hydrogen-bond acceptors (Lipinski definition) is 4. The van der Waals surface area contributed by atoms with Crippen LogP contribution in [-0.4, -0.2) is 22.0 Å². The molecular formula is C13H17FN2O4. The topological polar surface area (TPSA) is 92.5 Å². The molecule has 20 heavy (non-hydrogen) atoms. The molecule has 0 aromatic heterocycles. The summed E-state index contributed by atoms with van der Waals surface area (Å²) in [7, 11) is 0. The first-order valence-electron chi connectivity index (χ1n) is 6.20. The van der Waals surface area contributed by atoms with E-state index in [1.165, 1.54) is 0 Å². The summed E-state index contributed by atoms with van der Waals surface area (Å²) in [6.45, 7) is 5.85. The number of nitrogens with zero attached hydrogens (tertiary/aromatic N) is 1. The highest BCUT2D eigenvalue weighted by Crippen LogP contribution is 2.27. The molecule has 1 aromatic carbocycles. The molecular weight excluding hydrogens is 267 g/mol. The molecule has 0 aliphatic heterocycles. The van der Waals surface area contributed by atoms with Crippen molar-refractivity contribution in [3.05, 3.63) is 33.6 Å². The lowest BCUT2D eigenvalue weighted by molar-refractivity contribution is -0.385. The third-order valence-corrected chi connectivity index (χ3v) is 2.74. The molecule has 1 rings (SSSR count). The summed E-state index contributed by atoms with van der Waals surface area (Å²) < 4.78 is 13.8. The van der Waals surface area contributed by atoms with Crippen molar-refractivity contribution in [1.82, 2.24) is 0 Å². The summed E-state index contributed by atoms with van der Waals surface area (Å²) in [6, 6.07) is 1.52. The van der Waals surface area contributed by atoms with Crippen molar-refractivity contribution in [3.63, 3.8) is 0 Å². The van der Waals surface area contributed by atoms with Gasteiger partial charge in [0.2, 0.25) is 0 Å². The Balaban J connectivity index is 3.13. The van der Waals surface area contributed by atoms with Gasteiger partial charge in [0.05, 0.1) is 16.7 Å². The summed E-state index contributed by atoms with van der Waals surface area (Å²) in [4.78, 5) is 20.8. The minimum Gasteiger partial charge on any atom is -0.477 e. The van der Waals surface area contributed by atoms with E-state index < -0.39 is 28.0 Å². The minimum absolute atomic E-state index is 0.0406. The summed E-state index contributed by atoms with van der Waals surface area (Å²) in [6.07, 6.45) is 0.763. The molecule has 1 atom stereocenters. The number of carbonyl (C=O) groups is 1. The Hall–Kier alpha value is -2.18. The Bertz CT molecular complexity index is 531. The van der Waals surface area contributed by atoms with E-state index in [0.29, 0.717) is 12.0 Å². The number of nitro groups is 1. The SMILES string of the molecule is CC(C)CC(C)Nc1cc(C(=O)O)c([N+](=O)[O-])cc1F. The highest BCUT2D eigenvalue weighted by molar-refractivity contribution is 5.93. The van der Waals surface area contributed by atoms with Gasteiger partial charge in [-0.3, -0.25) is 10.1 Å². The normalized spacial score (nSPS) is 12.2. The third kappa shape index (κ3) is 3.91. The predicted molar refractivity (Wildman–Crippen MR) is 72.6 cm³/mol. The van der Waals surface area contributed by atoms with Gasteiger partial charge in [0, 0.05) is 6.04 Å². The van der Waals surface area contributed by atoms with Gasteiger partial charge in [-0.1, -0.05) is 13.8 Å². The number of nitrogens with one attached hydrogen (secondary N) is 1. The van der Waals surface area contributed by atoms with Crippen LogP contribution >= 0.6 is 0 Å². The van der Waals surface area contributed by atoms with E-state index in [2.05, 4.69) is 5.32 Å². The van der Waals surface area contributed by atoms with Crippen molar-refractivity contribution in [3.8, 4) is 0 Å². The van der Waals surface area contributed by atoms with Crippen LogP contribution in [0.4, 0.5) is 15.8 Å². The van der Waals surface area contributed by atoms with E-state index in [0.717, 1.165) is 12.5 Å². The van der Waals surface area contributed by atoms with Crippen molar-refractivity contribution in [2.24, 2.45) is 5.92 Å². The van der Waals surface area contributed by atoms with E-state index in [-0.39, 0.29) is 11.7 Å². The van der Waals surface area contributed by atoms with Gasteiger partial charge in [0.25, 0.3) is 5.69 Å². The second kappa shape index (κ2) is 6.31. The number of benzene rings is 1. The second-order valence-corrected chi connectivity index (χ2v) is 5.09. The number of carboxylic acids is 1. The zero-order valence-electron chi connectivity index (χ0n) is 11.5. The molecule has 7 heteroatoms. The Kier molecular flexibility index (Phi) is 5.01. The second-order valence-electron chi connectivity index (χ2n) is 5.09. The first-order chi connectivity index (χ1) is 9.22. The zero-order valence-corrected chi connectivity index (χ0v) is 11.5. The molecule has 2 N–H and O–H groups in total. The van der Waals surface area contributed by atoms with Crippen molar-refractivity contribution in [2.75, 3.05) is 5.32 Å². The average Bonchev–Trinajstić information content (AvgIpc) is 2.29. The van der Waals surface area contributed by atoms with Gasteiger partial charge in [-0.15, -0.1) is 0 Å². The van der Waals surface area contributed by atoms with Gasteiger partial charge < -0.3 is 10.4 Å². The molecule has 0 bridgehead atoms. The maximum absolute atomic E-state index is 13.8. The highest BCUT2D eigenvalue weighted by atomic mass is 19.1. The van der Waals surface area contributed by atoms with Crippen LogP contribution in [0.2, 0.25) is 0 Å². The van der Waals surface area contributed by atoms with Crippen LogP contribution in [-0.2, 0) is 0 Å². The molecule has 0 amide bonds. The van der Waals surface area contributed by atoms with Crippen LogP contribution in [0.5, 0.6) is 0 Å². The molecule has 0 spiro atoms. The number of anilines is 1. The Morgan fingerprint density at radius 2 is 2.05 bits per heavy atom. The summed E-state index contributed by atoms with van der Waals surface area (Å²) in [5, 5.41) is 22.5. The van der Waals surface area contributed by atoms with E-state index in [9.17, 15) is 19.3 Å². The number of halogens is 1. The quantitative estimate of drug-likeness (QED) is 0.617. The van der Waals surface area contributed by atoms with Gasteiger partial charge >= 0.3 is 5.97 Å². The van der Waals surface area contributed by atoms with Crippen LogP contribution < -0.4 is 5.32 Å². The van der Waals surface area contributed by atoms with Crippen molar-refractivity contribution in [2.45, 2.75) is 33.2 Å². The monoisotopic (exact) mass is 284 g/mol. The molecule has 0 aliphatic carbocycles. The number of rotatable bonds is 6. The third-order valence-electron chi connectivity index (χ3n) is 2.74. The first kappa shape index (κ1) is 15.9. The molecule has 0 aliphatic rings. The molecule has 1 aromatic rings.